The van der Waals surface area contributed by atoms with Crippen LogP contribution < -0.4 is 4.74 Å². The Kier molecular flexibility index (Phi) is 4.13. The molecule has 2 aromatic rings. The summed E-state index contributed by atoms with van der Waals surface area (Å²) in [6.45, 7) is 2.27. The summed E-state index contributed by atoms with van der Waals surface area (Å²) < 4.78 is 5.30. The van der Waals surface area contributed by atoms with Gasteiger partial charge in [0.2, 0.25) is 0 Å². The van der Waals surface area contributed by atoms with E-state index in [0.717, 1.165) is 6.07 Å². The Balaban J connectivity index is 2.55. The van der Waals surface area contributed by atoms with Crippen LogP contribution in [-0.2, 0) is 0 Å². The van der Waals surface area contributed by atoms with Crippen LogP contribution in [0.4, 0.5) is 5.69 Å². The molecule has 0 spiro atoms. The molecule has 1 aromatic heterocycles. The Morgan fingerprint density at radius 3 is 2.76 bits per heavy atom. The van der Waals surface area contributed by atoms with Gasteiger partial charge in [0.15, 0.2) is 0 Å². The smallest absolute Gasteiger partial charge is 0.335 e. The Bertz CT molecular complexity index is 700. The van der Waals surface area contributed by atoms with Gasteiger partial charge in [-0.2, -0.15) is 0 Å². The van der Waals surface area contributed by atoms with Crippen LogP contribution in [0.5, 0.6) is 5.75 Å². The van der Waals surface area contributed by atoms with Crippen molar-refractivity contribution in [1.82, 2.24) is 4.98 Å². The third-order valence-corrected chi connectivity index (χ3v) is 2.78. The number of aromatic carboxylic acids is 1. The molecular weight excluding hydrogens is 276 g/mol. The largest absolute Gasteiger partial charge is 0.492 e. The quantitative estimate of drug-likeness (QED) is 0.670. The average Bonchev–Trinajstić information content (AvgIpc) is 2.47. The molecule has 0 atom stereocenters. The standard InChI is InChI=1S/C14H12N2O5/c1-2-21-11-5-10(7-15-8-11)12-4-3-9(14(17)18)6-13(12)16(19)20/h3-8H,2H2,1H3,(H,17,18). The fourth-order valence-electron chi connectivity index (χ4n) is 1.87. The summed E-state index contributed by atoms with van der Waals surface area (Å²) in [4.78, 5) is 25.4. The predicted octanol–water partition coefficient (Wildman–Crippen LogP) is 2.75. The number of carboxylic acids is 1. The molecule has 1 aromatic carbocycles. The summed E-state index contributed by atoms with van der Waals surface area (Å²) in [6, 6.07) is 5.37. The average molecular weight is 288 g/mol. The highest BCUT2D eigenvalue weighted by Gasteiger charge is 2.19. The second-order valence-electron chi connectivity index (χ2n) is 4.14. The molecule has 0 unspecified atom stereocenters. The van der Waals surface area contributed by atoms with E-state index in [-0.39, 0.29) is 11.3 Å². The summed E-state index contributed by atoms with van der Waals surface area (Å²) in [7, 11) is 0. The minimum atomic E-state index is -1.22. The lowest BCUT2D eigenvalue weighted by molar-refractivity contribution is -0.384. The van der Waals surface area contributed by atoms with E-state index in [4.69, 9.17) is 9.84 Å². The van der Waals surface area contributed by atoms with Crippen molar-refractivity contribution in [3.8, 4) is 16.9 Å². The summed E-state index contributed by atoms with van der Waals surface area (Å²) in [6.07, 6.45) is 2.97. The van der Waals surface area contributed by atoms with Crippen LogP contribution in [0.15, 0.2) is 36.7 Å². The van der Waals surface area contributed by atoms with Gasteiger partial charge in [-0.15, -0.1) is 0 Å². The summed E-state index contributed by atoms with van der Waals surface area (Å²) in [5.41, 5.74) is 0.355. The third-order valence-electron chi connectivity index (χ3n) is 2.78. The van der Waals surface area contributed by atoms with Gasteiger partial charge in [-0.3, -0.25) is 15.1 Å². The van der Waals surface area contributed by atoms with Crippen molar-refractivity contribution in [2.45, 2.75) is 6.92 Å². The maximum Gasteiger partial charge on any atom is 0.335 e. The number of aromatic nitrogens is 1. The number of benzene rings is 1. The maximum absolute atomic E-state index is 11.1. The SMILES string of the molecule is CCOc1cncc(-c2ccc(C(=O)O)cc2[N+](=O)[O-])c1. The van der Waals surface area contributed by atoms with Gasteiger partial charge in [0, 0.05) is 17.8 Å². The van der Waals surface area contributed by atoms with E-state index in [1.54, 1.807) is 6.07 Å². The molecule has 21 heavy (non-hydrogen) atoms. The molecule has 7 heteroatoms. The molecule has 1 heterocycles. The van der Waals surface area contributed by atoms with Gasteiger partial charge < -0.3 is 9.84 Å². The summed E-state index contributed by atoms with van der Waals surface area (Å²) in [5, 5.41) is 20.1. The first-order chi connectivity index (χ1) is 10.0. The van der Waals surface area contributed by atoms with Gasteiger partial charge in [0.05, 0.1) is 28.9 Å². The lowest BCUT2D eigenvalue weighted by atomic mass is 10.0. The van der Waals surface area contributed by atoms with Gasteiger partial charge in [0.25, 0.3) is 5.69 Å². The molecule has 0 aliphatic rings. The van der Waals surface area contributed by atoms with E-state index in [2.05, 4.69) is 4.98 Å². The first-order valence-corrected chi connectivity index (χ1v) is 6.13. The van der Waals surface area contributed by atoms with Crippen LogP contribution in [0, 0.1) is 10.1 Å². The number of hydrogen-bond acceptors (Lipinski definition) is 5. The number of rotatable bonds is 5. The number of carboxylic acid groups (broad SMARTS) is 1. The molecule has 1 N–H and O–H groups in total. The monoisotopic (exact) mass is 288 g/mol. The fourth-order valence-corrected chi connectivity index (χ4v) is 1.87. The lowest BCUT2D eigenvalue weighted by Gasteiger charge is -2.07. The number of pyridine rings is 1. The number of nitro benzene ring substituents is 1. The second kappa shape index (κ2) is 6.00. The summed E-state index contributed by atoms with van der Waals surface area (Å²) in [5.74, 6) is -0.725. The second-order valence-corrected chi connectivity index (χ2v) is 4.14. The molecule has 2 rings (SSSR count). The zero-order chi connectivity index (χ0) is 15.4. The van der Waals surface area contributed by atoms with Gasteiger partial charge in [0.1, 0.15) is 5.75 Å². The molecule has 0 radical (unpaired) electrons. The van der Waals surface area contributed by atoms with Gasteiger partial charge in [-0.1, -0.05) is 0 Å². The Hall–Kier alpha value is -2.96. The minimum Gasteiger partial charge on any atom is -0.492 e. The number of nitrogens with zero attached hydrogens (tertiary/aromatic N) is 2. The molecule has 0 saturated heterocycles. The van der Waals surface area contributed by atoms with Crippen LogP contribution in [0.3, 0.4) is 0 Å². The van der Waals surface area contributed by atoms with E-state index < -0.39 is 10.9 Å². The fraction of sp³-hybridized carbons (Fsp3) is 0.143. The molecule has 108 valence electrons. The normalized spacial score (nSPS) is 10.1. The highest BCUT2D eigenvalue weighted by Crippen LogP contribution is 2.32. The summed E-state index contributed by atoms with van der Waals surface area (Å²) >= 11 is 0. The van der Waals surface area contributed by atoms with E-state index in [1.807, 2.05) is 6.92 Å². The molecule has 0 fully saturated rings. The Labute approximate surface area is 120 Å². The molecule has 0 saturated carbocycles. The van der Waals surface area contributed by atoms with Gasteiger partial charge >= 0.3 is 5.97 Å². The third kappa shape index (κ3) is 3.14. The molecule has 0 aliphatic carbocycles. The number of ether oxygens (including phenoxy) is 1. The van der Waals surface area contributed by atoms with Crippen molar-refractivity contribution in [1.29, 1.82) is 0 Å². The number of carbonyl (C=O) groups is 1. The highest BCUT2D eigenvalue weighted by atomic mass is 16.6. The number of hydrogen-bond donors (Lipinski definition) is 1. The number of nitro groups is 1. The van der Waals surface area contributed by atoms with Gasteiger partial charge in [-0.25, -0.2) is 4.79 Å². The van der Waals surface area contributed by atoms with Crippen molar-refractivity contribution >= 4 is 11.7 Å². The first-order valence-electron chi connectivity index (χ1n) is 6.13. The Morgan fingerprint density at radius 2 is 2.14 bits per heavy atom. The lowest BCUT2D eigenvalue weighted by Crippen LogP contribution is -2.00. The Morgan fingerprint density at radius 1 is 1.38 bits per heavy atom. The van der Waals surface area contributed by atoms with E-state index in [9.17, 15) is 14.9 Å². The van der Waals surface area contributed by atoms with Crippen LogP contribution in [0.1, 0.15) is 17.3 Å². The van der Waals surface area contributed by atoms with Crippen LogP contribution >= 0.6 is 0 Å². The van der Waals surface area contributed by atoms with Crippen LogP contribution in [0.2, 0.25) is 0 Å². The zero-order valence-electron chi connectivity index (χ0n) is 11.1. The molecule has 0 aliphatic heterocycles. The molecule has 7 nitrogen and oxygen atoms in total. The zero-order valence-corrected chi connectivity index (χ0v) is 11.1. The molecule has 0 bridgehead atoms. The van der Waals surface area contributed by atoms with Crippen molar-refractivity contribution in [3.05, 3.63) is 52.3 Å². The van der Waals surface area contributed by atoms with Crippen LogP contribution in [0.25, 0.3) is 11.1 Å². The molecule has 0 amide bonds. The topological polar surface area (TPSA) is 103 Å². The van der Waals surface area contributed by atoms with Crippen LogP contribution in [-0.4, -0.2) is 27.6 Å². The minimum absolute atomic E-state index is 0.139. The van der Waals surface area contributed by atoms with E-state index in [0.29, 0.717) is 23.5 Å². The van der Waals surface area contributed by atoms with Crippen molar-refractivity contribution < 1.29 is 19.6 Å². The molecular formula is C14H12N2O5. The van der Waals surface area contributed by atoms with Crippen molar-refractivity contribution in [2.75, 3.05) is 6.61 Å². The van der Waals surface area contributed by atoms with Crippen molar-refractivity contribution in [2.24, 2.45) is 0 Å². The first kappa shape index (κ1) is 14.4. The van der Waals surface area contributed by atoms with Crippen molar-refractivity contribution in [3.63, 3.8) is 0 Å². The van der Waals surface area contributed by atoms with Gasteiger partial charge in [-0.05, 0) is 25.1 Å². The maximum atomic E-state index is 11.1. The predicted molar refractivity (Wildman–Crippen MR) is 74.5 cm³/mol. The van der Waals surface area contributed by atoms with E-state index in [1.165, 1.54) is 24.5 Å². The highest BCUT2D eigenvalue weighted by molar-refractivity contribution is 5.90. The van der Waals surface area contributed by atoms with E-state index >= 15 is 0 Å².